The summed E-state index contributed by atoms with van der Waals surface area (Å²) >= 11 is 1.63. The third-order valence-electron chi connectivity index (χ3n) is 3.78. The molecule has 124 valence electrons. The van der Waals surface area contributed by atoms with Crippen LogP contribution in [0.15, 0.2) is 75.3 Å². The Labute approximate surface area is 148 Å². The van der Waals surface area contributed by atoms with Crippen molar-refractivity contribution in [3.05, 3.63) is 92.7 Å². The number of aromatic nitrogens is 1. The second kappa shape index (κ2) is 6.91. The highest BCUT2D eigenvalue weighted by molar-refractivity contribution is 7.09. The van der Waals surface area contributed by atoms with Crippen LogP contribution < -0.4 is 10.4 Å². The van der Waals surface area contributed by atoms with Crippen LogP contribution in [0.5, 0.6) is 5.75 Å². The van der Waals surface area contributed by atoms with Crippen LogP contribution in [0, 0.1) is 0 Å². The molecule has 2 aromatic heterocycles. The van der Waals surface area contributed by atoms with E-state index in [-0.39, 0.29) is 5.63 Å². The predicted molar refractivity (Wildman–Crippen MR) is 98.2 cm³/mol. The highest BCUT2D eigenvalue weighted by atomic mass is 32.1. The van der Waals surface area contributed by atoms with Crippen LogP contribution >= 0.6 is 11.3 Å². The minimum absolute atomic E-state index is 0.366. The van der Waals surface area contributed by atoms with E-state index in [0.29, 0.717) is 17.9 Å². The fourth-order valence-corrected chi connectivity index (χ4v) is 3.37. The van der Waals surface area contributed by atoms with Crippen LogP contribution in [0.1, 0.15) is 16.3 Å². The van der Waals surface area contributed by atoms with Crippen molar-refractivity contribution in [3.8, 4) is 5.75 Å². The van der Waals surface area contributed by atoms with Gasteiger partial charge < -0.3 is 9.15 Å². The first-order chi connectivity index (χ1) is 12.3. The Kier molecular flexibility index (Phi) is 4.31. The molecule has 4 aromatic rings. The van der Waals surface area contributed by atoms with Crippen molar-refractivity contribution in [1.82, 2.24) is 4.98 Å². The number of hydrogen-bond acceptors (Lipinski definition) is 5. The SMILES string of the molecule is O=c1ccc2ccc(OCc3csc(Cc4ccccc4)n3)cc2o1. The van der Waals surface area contributed by atoms with Crippen LogP contribution in [0.2, 0.25) is 0 Å². The maximum Gasteiger partial charge on any atom is 0.336 e. The van der Waals surface area contributed by atoms with Crippen molar-refractivity contribution < 1.29 is 9.15 Å². The minimum Gasteiger partial charge on any atom is -0.487 e. The Balaban J connectivity index is 1.44. The third kappa shape index (κ3) is 3.78. The Morgan fingerprint density at radius 2 is 1.88 bits per heavy atom. The predicted octanol–water partition coefficient (Wildman–Crippen LogP) is 4.42. The van der Waals surface area contributed by atoms with E-state index in [4.69, 9.17) is 9.15 Å². The fraction of sp³-hybridized carbons (Fsp3) is 0.100. The molecule has 0 saturated carbocycles. The smallest absolute Gasteiger partial charge is 0.336 e. The van der Waals surface area contributed by atoms with E-state index in [0.717, 1.165) is 22.5 Å². The first kappa shape index (κ1) is 15.6. The fourth-order valence-electron chi connectivity index (χ4n) is 2.55. The summed E-state index contributed by atoms with van der Waals surface area (Å²) in [6.45, 7) is 0.383. The molecule has 2 aromatic carbocycles. The molecule has 4 rings (SSSR count). The van der Waals surface area contributed by atoms with E-state index >= 15 is 0 Å². The lowest BCUT2D eigenvalue weighted by Gasteiger charge is -2.05. The molecule has 0 unspecified atom stereocenters. The first-order valence-corrected chi connectivity index (χ1v) is 8.78. The van der Waals surface area contributed by atoms with Gasteiger partial charge in [0.1, 0.15) is 17.9 Å². The van der Waals surface area contributed by atoms with Crippen molar-refractivity contribution in [2.75, 3.05) is 0 Å². The summed E-state index contributed by atoms with van der Waals surface area (Å²) in [5, 5.41) is 3.94. The number of ether oxygens (including phenoxy) is 1. The Bertz CT molecular complexity index is 1050. The van der Waals surface area contributed by atoms with Gasteiger partial charge in [-0.15, -0.1) is 11.3 Å². The Morgan fingerprint density at radius 1 is 1.04 bits per heavy atom. The van der Waals surface area contributed by atoms with Gasteiger partial charge in [0.25, 0.3) is 0 Å². The molecule has 0 N–H and O–H groups in total. The molecule has 0 fully saturated rings. The number of nitrogens with zero attached hydrogens (tertiary/aromatic N) is 1. The Morgan fingerprint density at radius 3 is 2.76 bits per heavy atom. The van der Waals surface area contributed by atoms with E-state index in [1.165, 1.54) is 11.6 Å². The first-order valence-electron chi connectivity index (χ1n) is 7.90. The molecule has 0 bridgehead atoms. The van der Waals surface area contributed by atoms with Crippen molar-refractivity contribution in [3.63, 3.8) is 0 Å². The molecule has 0 aliphatic rings. The zero-order chi connectivity index (χ0) is 17.1. The van der Waals surface area contributed by atoms with Gasteiger partial charge in [0.15, 0.2) is 0 Å². The zero-order valence-corrected chi connectivity index (χ0v) is 14.2. The molecule has 0 aliphatic heterocycles. The van der Waals surface area contributed by atoms with E-state index in [1.807, 2.05) is 35.7 Å². The van der Waals surface area contributed by atoms with Crippen molar-refractivity contribution in [2.45, 2.75) is 13.0 Å². The molecule has 25 heavy (non-hydrogen) atoms. The van der Waals surface area contributed by atoms with Gasteiger partial charge >= 0.3 is 5.63 Å². The number of fused-ring (bicyclic) bond motifs is 1. The molecule has 2 heterocycles. The molecular formula is C20H15NO3S. The normalized spacial score (nSPS) is 10.9. The van der Waals surface area contributed by atoms with Crippen LogP contribution in [0.3, 0.4) is 0 Å². The molecular weight excluding hydrogens is 334 g/mol. The van der Waals surface area contributed by atoms with Crippen LogP contribution in [0.4, 0.5) is 0 Å². The average Bonchev–Trinajstić information content (AvgIpc) is 3.08. The van der Waals surface area contributed by atoms with Gasteiger partial charge in [0.2, 0.25) is 0 Å². The number of benzene rings is 2. The molecule has 0 spiro atoms. The standard InChI is InChI=1S/C20H15NO3S/c22-20-9-7-15-6-8-17(11-18(15)24-20)23-12-16-13-25-19(21-16)10-14-4-2-1-3-5-14/h1-9,11,13H,10,12H2. The van der Waals surface area contributed by atoms with Gasteiger partial charge in [-0.1, -0.05) is 30.3 Å². The van der Waals surface area contributed by atoms with E-state index < -0.39 is 0 Å². The highest BCUT2D eigenvalue weighted by Crippen LogP contribution is 2.21. The monoisotopic (exact) mass is 349 g/mol. The lowest BCUT2D eigenvalue weighted by Crippen LogP contribution is -1.98. The summed E-state index contributed by atoms with van der Waals surface area (Å²) < 4.78 is 11.0. The summed E-state index contributed by atoms with van der Waals surface area (Å²) in [6.07, 6.45) is 0.826. The van der Waals surface area contributed by atoms with E-state index in [1.54, 1.807) is 23.5 Å². The van der Waals surface area contributed by atoms with Crippen molar-refractivity contribution in [2.24, 2.45) is 0 Å². The minimum atomic E-state index is -0.366. The van der Waals surface area contributed by atoms with E-state index in [2.05, 4.69) is 17.1 Å². The van der Waals surface area contributed by atoms with Crippen molar-refractivity contribution >= 4 is 22.3 Å². The second-order valence-electron chi connectivity index (χ2n) is 5.64. The molecule has 0 radical (unpaired) electrons. The molecule has 4 nitrogen and oxygen atoms in total. The van der Waals surface area contributed by atoms with Crippen LogP contribution in [0.25, 0.3) is 11.0 Å². The summed E-state index contributed by atoms with van der Waals surface area (Å²) in [5.74, 6) is 0.652. The summed E-state index contributed by atoms with van der Waals surface area (Å²) in [5.41, 5.74) is 2.29. The molecule has 0 atom stereocenters. The van der Waals surface area contributed by atoms with Gasteiger partial charge in [-0.2, -0.15) is 0 Å². The van der Waals surface area contributed by atoms with Crippen LogP contribution in [-0.2, 0) is 13.0 Å². The summed E-state index contributed by atoms with van der Waals surface area (Å²) in [6, 6.07) is 18.9. The lowest BCUT2D eigenvalue weighted by molar-refractivity contribution is 0.302. The van der Waals surface area contributed by atoms with Gasteiger partial charge in [-0.05, 0) is 23.8 Å². The lowest BCUT2D eigenvalue weighted by atomic mass is 10.2. The second-order valence-corrected chi connectivity index (χ2v) is 6.58. The average molecular weight is 349 g/mol. The number of rotatable bonds is 5. The summed E-state index contributed by atoms with van der Waals surface area (Å²) in [7, 11) is 0. The number of hydrogen-bond donors (Lipinski definition) is 0. The Hall–Kier alpha value is -2.92. The van der Waals surface area contributed by atoms with E-state index in [9.17, 15) is 4.79 Å². The zero-order valence-electron chi connectivity index (χ0n) is 13.3. The molecule has 0 aliphatic carbocycles. The molecule has 0 amide bonds. The largest absolute Gasteiger partial charge is 0.487 e. The summed E-state index contributed by atoms with van der Waals surface area (Å²) in [4.78, 5) is 15.9. The van der Waals surface area contributed by atoms with Gasteiger partial charge in [0.05, 0.1) is 10.7 Å². The quantitative estimate of drug-likeness (QED) is 0.501. The molecule has 0 saturated heterocycles. The number of thiazole rings is 1. The maximum absolute atomic E-state index is 11.3. The van der Waals surface area contributed by atoms with Gasteiger partial charge in [-0.25, -0.2) is 9.78 Å². The topological polar surface area (TPSA) is 52.3 Å². The van der Waals surface area contributed by atoms with Gasteiger partial charge in [-0.3, -0.25) is 0 Å². The highest BCUT2D eigenvalue weighted by Gasteiger charge is 2.05. The maximum atomic E-state index is 11.3. The van der Waals surface area contributed by atoms with Crippen molar-refractivity contribution in [1.29, 1.82) is 0 Å². The van der Waals surface area contributed by atoms with Gasteiger partial charge in [0, 0.05) is 29.3 Å². The van der Waals surface area contributed by atoms with Crippen LogP contribution in [-0.4, -0.2) is 4.98 Å². The molecule has 5 heteroatoms. The third-order valence-corrected chi connectivity index (χ3v) is 4.68.